The van der Waals surface area contributed by atoms with Crippen LogP contribution in [-0.4, -0.2) is 38.9 Å². The Morgan fingerprint density at radius 1 is 0.739 bits per heavy atom. The maximum absolute atomic E-state index is 11.5. The van der Waals surface area contributed by atoms with Crippen LogP contribution in [-0.2, 0) is 30.4 Å². The van der Waals surface area contributed by atoms with Gasteiger partial charge in [0.05, 0.1) is 10.6 Å². The summed E-state index contributed by atoms with van der Waals surface area (Å²) in [4.78, 5) is -3.33. The Balaban J connectivity index is 3.20. The highest BCUT2D eigenvalue weighted by molar-refractivity contribution is 7.89. The summed E-state index contributed by atoms with van der Waals surface area (Å²) >= 11 is 0. The molecule has 0 heterocycles. The maximum Gasteiger partial charge on any atom is 0.298 e. The smallest absolute Gasteiger partial charge is 0.298 e. The zero-order chi connectivity index (χ0) is 17.8. The second-order valence-electron chi connectivity index (χ2n) is 4.43. The second kappa shape index (κ2) is 5.12. The SMILES string of the molecule is Nc1cc2ccc(S(=O)(=O)O)cc2c(S(=O)(=O)O)c1S(=O)(=O)O. The summed E-state index contributed by atoms with van der Waals surface area (Å²) in [6.45, 7) is 0. The second-order valence-corrected chi connectivity index (χ2v) is 8.57. The Morgan fingerprint density at radius 2 is 1.26 bits per heavy atom. The van der Waals surface area contributed by atoms with E-state index in [1.165, 1.54) is 0 Å². The molecule has 0 spiro atoms. The van der Waals surface area contributed by atoms with Crippen molar-refractivity contribution in [1.82, 2.24) is 0 Å². The van der Waals surface area contributed by atoms with E-state index in [9.17, 15) is 29.8 Å². The molecule has 2 aromatic rings. The first kappa shape index (κ1) is 17.6. The van der Waals surface area contributed by atoms with Gasteiger partial charge in [-0.1, -0.05) is 6.07 Å². The molecule has 0 amide bonds. The van der Waals surface area contributed by atoms with Crippen LogP contribution in [0.1, 0.15) is 0 Å². The molecule has 2 rings (SSSR count). The van der Waals surface area contributed by atoms with Gasteiger partial charge < -0.3 is 5.73 Å². The highest BCUT2D eigenvalue weighted by atomic mass is 32.2. The molecular weight excluding hydrogens is 374 g/mol. The number of fused-ring (bicyclic) bond motifs is 1. The lowest BCUT2D eigenvalue weighted by Gasteiger charge is -2.12. The molecule has 13 heteroatoms. The summed E-state index contributed by atoms with van der Waals surface area (Å²) in [5, 5.41) is -0.612. The lowest BCUT2D eigenvalue weighted by atomic mass is 10.1. The number of rotatable bonds is 3. The van der Waals surface area contributed by atoms with Crippen LogP contribution in [0.15, 0.2) is 39.0 Å². The van der Waals surface area contributed by atoms with Gasteiger partial charge in [-0.3, -0.25) is 13.7 Å². The number of nitrogens with two attached hydrogens (primary N) is 1. The topological polar surface area (TPSA) is 189 Å². The van der Waals surface area contributed by atoms with E-state index in [0.717, 1.165) is 18.2 Å². The Bertz CT molecular complexity index is 1130. The number of anilines is 1. The fourth-order valence-corrected chi connectivity index (χ4v) is 4.67. The first-order valence-electron chi connectivity index (χ1n) is 5.51. The average Bonchev–Trinajstić information content (AvgIpc) is 2.32. The first-order valence-corrected chi connectivity index (χ1v) is 9.83. The molecule has 5 N–H and O–H groups in total. The van der Waals surface area contributed by atoms with Crippen molar-refractivity contribution in [3.05, 3.63) is 24.3 Å². The highest BCUT2D eigenvalue weighted by Gasteiger charge is 2.30. The van der Waals surface area contributed by atoms with Crippen LogP contribution >= 0.6 is 0 Å². The molecule has 23 heavy (non-hydrogen) atoms. The summed E-state index contributed by atoms with van der Waals surface area (Å²) in [6, 6.07) is 3.54. The van der Waals surface area contributed by atoms with Crippen LogP contribution in [0.4, 0.5) is 5.69 Å². The van der Waals surface area contributed by atoms with E-state index in [4.69, 9.17) is 14.8 Å². The van der Waals surface area contributed by atoms with E-state index in [0.29, 0.717) is 6.07 Å². The third kappa shape index (κ3) is 3.29. The van der Waals surface area contributed by atoms with Gasteiger partial charge in [-0.2, -0.15) is 25.3 Å². The van der Waals surface area contributed by atoms with Crippen molar-refractivity contribution in [2.45, 2.75) is 14.7 Å². The number of hydrogen-bond acceptors (Lipinski definition) is 7. The van der Waals surface area contributed by atoms with Crippen molar-refractivity contribution < 1.29 is 38.9 Å². The highest BCUT2D eigenvalue weighted by Crippen LogP contribution is 2.35. The van der Waals surface area contributed by atoms with E-state index >= 15 is 0 Å². The third-order valence-corrected chi connectivity index (χ3v) is 5.74. The molecule has 2 aromatic carbocycles. The Morgan fingerprint density at radius 3 is 1.70 bits per heavy atom. The van der Waals surface area contributed by atoms with Gasteiger partial charge in [-0.05, 0) is 23.6 Å². The van der Waals surface area contributed by atoms with Crippen molar-refractivity contribution in [2.24, 2.45) is 0 Å². The fraction of sp³-hybridized carbons (Fsp3) is 0. The summed E-state index contributed by atoms with van der Waals surface area (Å²) in [7, 11) is -15.1. The molecule has 0 aliphatic carbocycles. The van der Waals surface area contributed by atoms with Crippen LogP contribution in [0.2, 0.25) is 0 Å². The zero-order valence-corrected chi connectivity index (χ0v) is 13.4. The van der Waals surface area contributed by atoms with Gasteiger partial charge >= 0.3 is 0 Å². The minimum absolute atomic E-state index is 0.0464. The van der Waals surface area contributed by atoms with Crippen molar-refractivity contribution in [3.8, 4) is 0 Å². The normalized spacial score (nSPS) is 13.3. The lowest BCUT2D eigenvalue weighted by Crippen LogP contribution is -2.12. The lowest BCUT2D eigenvalue weighted by molar-refractivity contribution is 0.468. The minimum Gasteiger partial charge on any atom is -0.398 e. The van der Waals surface area contributed by atoms with Gasteiger partial charge in [0, 0.05) is 5.39 Å². The van der Waals surface area contributed by atoms with Crippen LogP contribution < -0.4 is 5.73 Å². The Kier molecular flexibility index (Phi) is 3.91. The van der Waals surface area contributed by atoms with E-state index in [1.807, 2.05) is 0 Å². The monoisotopic (exact) mass is 383 g/mol. The van der Waals surface area contributed by atoms with E-state index < -0.39 is 56.1 Å². The van der Waals surface area contributed by atoms with Gasteiger partial charge in [0.15, 0.2) is 0 Å². The van der Waals surface area contributed by atoms with Crippen molar-refractivity contribution >= 4 is 46.8 Å². The molecule has 0 aliphatic rings. The molecule has 126 valence electrons. The largest absolute Gasteiger partial charge is 0.398 e. The van der Waals surface area contributed by atoms with E-state index in [1.54, 1.807) is 0 Å². The Hall–Kier alpha value is -1.77. The standard InChI is InChI=1S/C10H9NO9S3/c11-8-3-5-1-2-6(21(12,13)14)4-7(5)9(22(15,16)17)10(8)23(18,19)20/h1-4H,11H2,(H,12,13,14)(H,15,16,17)(H,18,19,20). The van der Waals surface area contributed by atoms with Gasteiger partial charge in [0.1, 0.15) is 9.79 Å². The molecule has 10 nitrogen and oxygen atoms in total. The zero-order valence-electron chi connectivity index (χ0n) is 10.9. The summed E-state index contributed by atoms with van der Waals surface area (Å²) in [5.74, 6) is 0. The van der Waals surface area contributed by atoms with Crippen LogP contribution in [0.5, 0.6) is 0 Å². The quantitative estimate of drug-likeness (QED) is 0.419. The fourth-order valence-electron chi connectivity index (χ4n) is 2.03. The molecule has 0 aromatic heterocycles. The van der Waals surface area contributed by atoms with Gasteiger partial charge in [0.2, 0.25) is 0 Å². The van der Waals surface area contributed by atoms with E-state index in [-0.39, 0.29) is 5.39 Å². The number of nitrogen functional groups attached to an aromatic ring is 1. The summed E-state index contributed by atoms with van der Waals surface area (Å²) < 4.78 is 95.5. The summed E-state index contributed by atoms with van der Waals surface area (Å²) in [5.41, 5.74) is 4.74. The molecule has 0 aliphatic heterocycles. The molecule has 0 radical (unpaired) electrons. The number of hydrogen-bond donors (Lipinski definition) is 4. The van der Waals surface area contributed by atoms with E-state index in [2.05, 4.69) is 0 Å². The number of benzene rings is 2. The predicted molar refractivity (Wildman–Crippen MR) is 77.8 cm³/mol. The average molecular weight is 383 g/mol. The van der Waals surface area contributed by atoms with Gasteiger partial charge in [-0.15, -0.1) is 0 Å². The van der Waals surface area contributed by atoms with Crippen molar-refractivity contribution in [3.63, 3.8) is 0 Å². The van der Waals surface area contributed by atoms with Crippen molar-refractivity contribution in [1.29, 1.82) is 0 Å². The Labute approximate surface area is 130 Å². The van der Waals surface area contributed by atoms with Crippen LogP contribution in [0, 0.1) is 0 Å². The summed E-state index contributed by atoms with van der Waals surface area (Å²) in [6.07, 6.45) is 0. The molecule has 0 saturated carbocycles. The molecule has 0 atom stereocenters. The molecule has 0 saturated heterocycles. The first-order chi connectivity index (χ1) is 10.2. The minimum atomic E-state index is -5.22. The molecular formula is C10H9NO9S3. The predicted octanol–water partition coefficient (Wildman–Crippen LogP) is 0.162. The van der Waals surface area contributed by atoms with Crippen LogP contribution in [0.25, 0.3) is 10.8 Å². The van der Waals surface area contributed by atoms with Crippen LogP contribution in [0.3, 0.4) is 0 Å². The van der Waals surface area contributed by atoms with Gasteiger partial charge in [-0.25, -0.2) is 0 Å². The third-order valence-electron chi connectivity index (χ3n) is 2.86. The molecule has 0 fully saturated rings. The maximum atomic E-state index is 11.5. The van der Waals surface area contributed by atoms with Crippen molar-refractivity contribution in [2.75, 3.05) is 5.73 Å². The molecule has 0 bridgehead atoms. The van der Waals surface area contributed by atoms with Gasteiger partial charge in [0.25, 0.3) is 30.4 Å². The molecule has 0 unspecified atom stereocenters.